The van der Waals surface area contributed by atoms with Crippen LogP contribution in [0.1, 0.15) is 28.4 Å². The first-order valence-corrected chi connectivity index (χ1v) is 5.87. The molecule has 1 aliphatic rings. The van der Waals surface area contributed by atoms with Crippen LogP contribution in [0.5, 0.6) is 0 Å². The predicted octanol–water partition coefficient (Wildman–Crippen LogP) is 2.94. The number of hydrogen-bond donors (Lipinski definition) is 1. The molecule has 0 spiro atoms. The molecule has 2 aromatic carbocycles. The van der Waals surface area contributed by atoms with E-state index in [0.717, 1.165) is 22.3 Å². The number of aliphatic hydroxyl groups excluding tert-OH is 1. The smallest absolute Gasteiger partial charge is 0.123 e. The Morgan fingerprint density at radius 2 is 1.89 bits per heavy atom. The van der Waals surface area contributed by atoms with Crippen LogP contribution in [-0.4, -0.2) is 5.11 Å². The van der Waals surface area contributed by atoms with E-state index in [9.17, 15) is 4.39 Å². The molecule has 1 unspecified atom stereocenters. The molecule has 2 aromatic rings. The second kappa shape index (κ2) is 5.89. The number of fused-ring (bicyclic) bond motifs is 1. The topological polar surface area (TPSA) is 29.5 Å². The van der Waals surface area contributed by atoms with Crippen molar-refractivity contribution >= 4 is 0 Å². The minimum absolute atomic E-state index is 0. The molecule has 1 heterocycles. The number of aliphatic hydroxyl groups is 1. The van der Waals surface area contributed by atoms with Gasteiger partial charge in [-0.15, -0.1) is 0 Å². The van der Waals surface area contributed by atoms with Gasteiger partial charge in [0.2, 0.25) is 0 Å². The van der Waals surface area contributed by atoms with Crippen molar-refractivity contribution in [3.63, 3.8) is 0 Å². The summed E-state index contributed by atoms with van der Waals surface area (Å²) in [6, 6.07) is 12.2. The van der Waals surface area contributed by atoms with Crippen LogP contribution >= 0.6 is 0 Å². The van der Waals surface area contributed by atoms with Gasteiger partial charge >= 0.3 is 0 Å². The molecule has 4 heteroatoms. The fourth-order valence-electron chi connectivity index (χ4n) is 2.31. The Kier molecular flexibility index (Phi) is 4.43. The Labute approximate surface area is 123 Å². The molecule has 97 valence electrons. The normalized spacial score (nSPS) is 16.8. The molecule has 1 N–H and O–H groups in total. The van der Waals surface area contributed by atoms with Crippen molar-refractivity contribution in [2.24, 2.45) is 0 Å². The maximum Gasteiger partial charge on any atom is 0.123 e. The largest absolute Gasteiger partial charge is 0.392 e. The van der Waals surface area contributed by atoms with Gasteiger partial charge in [-0.2, -0.15) is 0 Å². The molecule has 0 aromatic heterocycles. The van der Waals surface area contributed by atoms with E-state index < -0.39 is 0 Å². The molecule has 3 rings (SSSR count). The van der Waals surface area contributed by atoms with E-state index in [1.165, 1.54) is 12.1 Å². The third-order valence-electron chi connectivity index (χ3n) is 3.25. The number of benzene rings is 2. The fraction of sp³-hybridized carbons (Fsp3) is 0.200. The SMILES string of the molecule is OCc1ccc2c(c1)COC2c1ccc(F)cc1.[V]. The molecule has 0 saturated heterocycles. The number of ether oxygens (including phenoxy) is 1. The predicted molar refractivity (Wildman–Crippen MR) is 65.4 cm³/mol. The second-order valence-corrected chi connectivity index (χ2v) is 4.43. The minimum Gasteiger partial charge on any atom is -0.392 e. The maximum atomic E-state index is 12.9. The van der Waals surface area contributed by atoms with Crippen LogP contribution in [-0.2, 0) is 36.5 Å². The Morgan fingerprint density at radius 1 is 1.16 bits per heavy atom. The third-order valence-corrected chi connectivity index (χ3v) is 3.25. The summed E-state index contributed by atoms with van der Waals surface area (Å²) in [5.41, 5.74) is 4.03. The Hall–Kier alpha value is -1.13. The van der Waals surface area contributed by atoms with Crippen LogP contribution in [0.4, 0.5) is 4.39 Å². The van der Waals surface area contributed by atoms with Crippen molar-refractivity contribution in [1.82, 2.24) is 0 Å². The summed E-state index contributed by atoms with van der Waals surface area (Å²) in [5.74, 6) is -0.243. The summed E-state index contributed by atoms with van der Waals surface area (Å²) in [7, 11) is 0. The summed E-state index contributed by atoms with van der Waals surface area (Å²) < 4.78 is 18.6. The minimum atomic E-state index is -0.243. The van der Waals surface area contributed by atoms with Gasteiger partial charge in [0.05, 0.1) is 13.2 Å². The van der Waals surface area contributed by atoms with E-state index in [-0.39, 0.29) is 37.1 Å². The van der Waals surface area contributed by atoms with Gasteiger partial charge in [-0.3, -0.25) is 0 Å². The van der Waals surface area contributed by atoms with Crippen LogP contribution in [0.2, 0.25) is 0 Å². The number of hydrogen-bond acceptors (Lipinski definition) is 2. The van der Waals surface area contributed by atoms with E-state index in [2.05, 4.69) is 0 Å². The van der Waals surface area contributed by atoms with Gasteiger partial charge in [0.25, 0.3) is 0 Å². The Morgan fingerprint density at radius 3 is 2.58 bits per heavy atom. The first kappa shape index (κ1) is 14.3. The van der Waals surface area contributed by atoms with E-state index in [1.54, 1.807) is 12.1 Å². The average Bonchev–Trinajstić information content (AvgIpc) is 2.82. The van der Waals surface area contributed by atoms with Crippen molar-refractivity contribution in [3.8, 4) is 0 Å². The maximum absolute atomic E-state index is 12.9. The zero-order valence-corrected chi connectivity index (χ0v) is 11.6. The second-order valence-electron chi connectivity index (χ2n) is 4.43. The van der Waals surface area contributed by atoms with Gasteiger partial charge in [-0.25, -0.2) is 4.39 Å². The Balaban J connectivity index is 0.00000133. The summed E-state index contributed by atoms with van der Waals surface area (Å²) in [6.07, 6.45) is -0.131. The van der Waals surface area contributed by atoms with Gasteiger partial charge in [-0.1, -0.05) is 30.3 Å². The molecule has 0 fully saturated rings. The van der Waals surface area contributed by atoms with Crippen molar-refractivity contribution in [2.45, 2.75) is 19.3 Å². The third kappa shape index (κ3) is 2.75. The van der Waals surface area contributed by atoms with Crippen LogP contribution in [0.15, 0.2) is 42.5 Å². The van der Waals surface area contributed by atoms with Gasteiger partial charge in [0.15, 0.2) is 0 Å². The summed E-state index contributed by atoms with van der Waals surface area (Å²) in [4.78, 5) is 0. The van der Waals surface area contributed by atoms with Crippen LogP contribution in [0, 0.1) is 5.82 Å². The Bertz CT molecular complexity index is 569. The van der Waals surface area contributed by atoms with Gasteiger partial charge in [0.1, 0.15) is 11.9 Å². The fourth-order valence-corrected chi connectivity index (χ4v) is 2.31. The van der Waals surface area contributed by atoms with Crippen LogP contribution in [0.3, 0.4) is 0 Å². The van der Waals surface area contributed by atoms with Crippen molar-refractivity contribution in [2.75, 3.05) is 0 Å². The first-order chi connectivity index (χ1) is 8.78. The molecular weight excluding hydrogens is 282 g/mol. The molecule has 1 aliphatic heterocycles. The summed E-state index contributed by atoms with van der Waals surface area (Å²) in [5, 5.41) is 9.10. The molecule has 0 amide bonds. The molecule has 2 nitrogen and oxygen atoms in total. The van der Waals surface area contributed by atoms with Crippen molar-refractivity contribution in [1.29, 1.82) is 0 Å². The van der Waals surface area contributed by atoms with E-state index in [1.807, 2.05) is 18.2 Å². The van der Waals surface area contributed by atoms with Gasteiger partial charge in [0, 0.05) is 18.6 Å². The average molecular weight is 295 g/mol. The first-order valence-electron chi connectivity index (χ1n) is 5.87. The summed E-state index contributed by atoms with van der Waals surface area (Å²) >= 11 is 0. The monoisotopic (exact) mass is 295 g/mol. The zero-order valence-electron chi connectivity index (χ0n) is 10.2. The number of halogens is 1. The van der Waals surface area contributed by atoms with E-state index in [0.29, 0.717) is 6.61 Å². The van der Waals surface area contributed by atoms with Gasteiger partial charge < -0.3 is 9.84 Å². The molecule has 0 aliphatic carbocycles. The van der Waals surface area contributed by atoms with Crippen LogP contribution in [0.25, 0.3) is 0 Å². The number of rotatable bonds is 2. The quantitative estimate of drug-likeness (QED) is 0.923. The molecule has 19 heavy (non-hydrogen) atoms. The molecule has 0 bridgehead atoms. The molecule has 1 radical (unpaired) electrons. The van der Waals surface area contributed by atoms with Gasteiger partial charge in [-0.05, 0) is 34.4 Å². The van der Waals surface area contributed by atoms with Crippen LogP contribution < -0.4 is 0 Å². The molecule has 1 atom stereocenters. The van der Waals surface area contributed by atoms with E-state index >= 15 is 0 Å². The zero-order chi connectivity index (χ0) is 12.5. The molecule has 0 saturated carbocycles. The van der Waals surface area contributed by atoms with Crippen molar-refractivity contribution in [3.05, 3.63) is 70.5 Å². The van der Waals surface area contributed by atoms with E-state index in [4.69, 9.17) is 9.84 Å². The molecular formula is C15H13FO2V. The summed E-state index contributed by atoms with van der Waals surface area (Å²) in [6.45, 7) is 0.569. The van der Waals surface area contributed by atoms with Crippen molar-refractivity contribution < 1.29 is 32.8 Å². The standard InChI is InChI=1S/C15H13FO2.V/c16-13-4-2-11(3-5-13)15-14-6-1-10(8-17)7-12(14)9-18-15;/h1-7,15,17H,8-9H2;.